The van der Waals surface area contributed by atoms with Crippen molar-refractivity contribution in [1.82, 2.24) is 0 Å². The molecule has 0 aliphatic heterocycles. The van der Waals surface area contributed by atoms with Crippen LogP contribution in [0.15, 0.2) is 77.3 Å². The fourth-order valence-corrected chi connectivity index (χ4v) is 2.95. The van der Waals surface area contributed by atoms with Gasteiger partial charge in [0, 0.05) is 10.5 Å². The zero-order valence-corrected chi connectivity index (χ0v) is 17.9. The van der Waals surface area contributed by atoms with E-state index in [1.54, 1.807) is 13.2 Å². The average molecular weight is 452 g/mol. The predicted octanol–water partition coefficient (Wildman–Crippen LogP) is 6.00. The fourth-order valence-electron chi connectivity index (χ4n) is 2.69. The number of carbonyl (C=O) groups is 1. The van der Waals surface area contributed by atoms with Crippen molar-refractivity contribution in [1.29, 1.82) is 0 Å². The van der Waals surface area contributed by atoms with E-state index in [1.165, 1.54) is 6.08 Å². The number of aryl methyl sites for hydroxylation is 1. The molecule has 0 bridgehead atoms. The van der Waals surface area contributed by atoms with Gasteiger partial charge in [0.1, 0.15) is 18.1 Å². The van der Waals surface area contributed by atoms with Crippen LogP contribution in [0.25, 0.3) is 6.08 Å². The SMILES string of the molecule is COc1ccc(C)cc1NC(=O)/C=C/c1ccc(OCc2ccc(Br)cc2)cc1. The number of hydrogen-bond acceptors (Lipinski definition) is 3. The van der Waals surface area contributed by atoms with Gasteiger partial charge in [-0.3, -0.25) is 4.79 Å². The van der Waals surface area contributed by atoms with Gasteiger partial charge in [0.25, 0.3) is 0 Å². The number of hydrogen-bond donors (Lipinski definition) is 1. The normalized spacial score (nSPS) is 10.7. The van der Waals surface area contributed by atoms with E-state index in [1.807, 2.05) is 73.7 Å². The van der Waals surface area contributed by atoms with Gasteiger partial charge in [0.2, 0.25) is 5.91 Å². The molecular formula is C24H22BrNO3. The number of halogens is 1. The van der Waals surface area contributed by atoms with Gasteiger partial charge >= 0.3 is 0 Å². The van der Waals surface area contributed by atoms with Crippen molar-refractivity contribution in [3.63, 3.8) is 0 Å². The highest BCUT2D eigenvalue weighted by molar-refractivity contribution is 9.10. The molecule has 3 rings (SSSR count). The Kier molecular flexibility index (Phi) is 7.09. The van der Waals surface area contributed by atoms with Gasteiger partial charge in [-0.05, 0) is 66.1 Å². The second-order valence-corrected chi connectivity index (χ2v) is 7.43. The third kappa shape index (κ3) is 6.22. The molecule has 0 spiro atoms. The summed E-state index contributed by atoms with van der Waals surface area (Å²) in [5, 5.41) is 2.85. The maximum atomic E-state index is 12.2. The van der Waals surface area contributed by atoms with E-state index in [0.717, 1.165) is 26.9 Å². The van der Waals surface area contributed by atoms with Gasteiger partial charge in [-0.25, -0.2) is 0 Å². The Labute approximate surface area is 179 Å². The number of methoxy groups -OCH3 is 1. The topological polar surface area (TPSA) is 47.6 Å². The summed E-state index contributed by atoms with van der Waals surface area (Å²) >= 11 is 3.42. The van der Waals surface area contributed by atoms with E-state index in [2.05, 4.69) is 21.2 Å². The third-order valence-electron chi connectivity index (χ3n) is 4.24. The van der Waals surface area contributed by atoms with Crippen molar-refractivity contribution >= 4 is 33.6 Å². The van der Waals surface area contributed by atoms with Crippen LogP contribution in [-0.4, -0.2) is 13.0 Å². The molecule has 1 amide bonds. The minimum Gasteiger partial charge on any atom is -0.495 e. The molecular weight excluding hydrogens is 430 g/mol. The molecule has 29 heavy (non-hydrogen) atoms. The Morgan fingerprint density at radius 1 is 1.03 bits per heavy atom. The first-order chi connectivity index (χ1) is 14.0. The second-order valence-electron chi connectivity index (χ2n) is 6.51. The van der Waals surface area contributed by atoms with Crippen molar-refractivity contribution in [3.8, 4) is 11.5 Å². The van der Waals surface area contributed by atoms with Gasteiger partial charge in [-0.15, -0.1) is 0 Å². The molecule has 0 saturated heterocycles. The number of rotatable bonds is 7. The lowest BCUT2D eigenvalue weighted by atomic mass is 10.2. The maximum Gasteiger partial charge on any atom is 0.248 e. The molecule has 3 aromatic rings. The summed E-state index contributed by atoms with van der Waals surface area (Å²) in [6.07, 6.45) is 3.26. The van der Waals surface area contributed by atoms with Gasteiger partial charge in [-0.2, -0.15) is 0 Å². The van der Waals surface area contributed by atoms with Crippen molar-refractivity contribution in [3.05, 3.63) is 94.0 Å². The molecule has 3 aromatic carbocycles. The first-order valence-electron chi connectivity index (χ1n) is 9.14. The largest absolute Gasteiger partial charge is 0.495 e. The Bertz CT molecular complexity index is 996. The van der Waals surface area contributed by atoms with Crippen molar-refractivity contribution in [2.24, 2.45) is 0 Å². The molecule has 0 saturated carbocycles. The summed E-state index contributed by atoms with van der Waals surface area (Å²) in [7, 11) is 1.58. The fraction of sp³-hybridized carbons (Fsp3) is 0.125. The summed E-state index contributed by atoms with van der Waals surface area (Å²) in [6, 6.07) is 21.3. The molecule has 148 valence electrons. The molecule has 0 radical (unpaired) electrons. The molecule has 0 aliphatic rings. The van der Waals surface area contributed by atoms with Crippen LogP contribution in [0.2, 0.25) is 0 Å². The lowest BCUT2D eigenvalue weighted by Gasteiger charge is -2.09. The van der Waals surface area contributed by atoms with E-state index >= 15 is 0 Å². The molecule has 0 fully saturated rings. The van der Waals surface area contributed by atoms with Crippen LogP contribution in [-0.2, 0) is 11.4 Å². The number of ether oxygens (including phenoxy) is 2. The summed E-state index contributed by atoms with van der Waals surface area (Å²) in [5.41, 5.74) is 3.70. The standard InChI is InChI=1S/C24H22BrNO3/c1-17-3-13-23(28-2)22(15-17)26-24(27)14-8-18-6-11-21(12-7-18)29-16-19-4-9-20(25)10-5-19/h3-15H,16H2,1-2H3,(H,26,27)/b14-8+. The number of nitrogens with one attached hydrogen (secondary N) is 1. The Morgan fingerprint density at radius 2 is 1.76 bits per heavy atom. The molecule has 0 aliphatic carbocycles. The van der Waals surface area contributed by atoms with Crippen LogP contribution in [0.5, 0.6) is 11.5 Å². The number of carbonyl (C=O) groups excluding carboxylic acids is 1. The summed E-state index contributed by atoms with van der Waals surface area (Å²) < 4.78 is 12.1. The van der Waals surface area contributed by atoms with E-state index in [9.17, 15) is 4.79 Å². The maximum absolute atomic E-state index is 12.2. The zero-order chi connectivity index (χ0) is 20.6. The first kappa shape index (κ1) is 20.7. The van der Waals surface area contributed by atoms with E-state index in [0.29, 0.717) is 18.0 Å². The molecule has 5 heteroatoms. The quantitative estimate of drug-likeness (QED) is 0.448. The van der Waals surface area contributed by atoms with E-state index in [-0.39, 0.29) is 5.91 Å². The summed E-state index contributed by atoms with van der Waals surface area (Å²) in [5.74, 6) is 1.19. The molecule has 4 nitrogen and oxygen atoms in total. The van der Waals surface area contributed by atoms with Crippen LogP contribution >= 0.6 is 15.9 Å². The second kappa shape index (κ2) is 9.94. The molecule has 0 atom stereocenters. The smallest absolute Gasteiger partial charge is 0.248 e. The molecule has 1 N–H and O–H groups in total. The molecule has 0 aromatic heterocycles. The van der Waals surface area contributed by atoms with Crippen molar-refractivity contribution in [2.75, 3.05) is 12.4 Å². The lowest BCUT2D eigenvalue weighted by Crippen LogP contribution is -2.09. The molecule has 0 heterocycles. The summed E-state index contributed by atoms with van der Waals surface area (Å²) in [6.45, 7) is 2.47. The van der Waals surface area contributed by atoms with Crippen LogP contribution in [0.3, 0.4) is 0 Å². The van der Waals surface area contributed by atoms with Crippen LogP contribution in [0.1, 0.15) is 16.7 Å². The number of benzene rings is 3. The van der Waals surface area contributed by atoms with Crippen molar-refractivity contribution in [2.45, 2.75) is 13.5 Å². The van der Waals surface area contributed by atoms with Crippen LogP contribution < -0.4 is 14.8 Å². The van der Waals surface area contributed by atoms with Gasteiger partial charge in [-0.1, -0.05) is 46.3 Å². The monoisotopic (exact) mass is 451 g/mol. The highest BCUT2D eigenvalue weighted by atomic mass is 79.9. The van der Waals surface area contributed by atoms with Gasteiger partial charge in [0.05, 0.1) is 12.8 Å². The van der Waals surface area contributed by atoms with Crippen LogP contribution in [0.4, 0.5) is 5.69 Å². The minimum absolute atomic E-state index is 0.218. The zero-order valence-electron chi connectivity index (χ0n) is 16.3. The Hall–Kier alpha value is -3.05. The third-order valence-corrected chi connectivity index (χ3v) is 4.77. The molecule has 0 unspecified atom stereocenters. The van der Waals surface area contributed by atoms with Crippen LogP contribution in [0, 0.1) is 6.92 Å². The predicted molar refractivity (Wildman–Crippen MR) is 120 cm³/mol. The average Bonchev–Trinajstić information content (AvgIpc) is 2.73. The first-order valence-corrected chi connectivity index (χ1v) is 9.94. The van der Waals surface area contributed by atoms with E-state index in [4.69, 9.17) is 9.47 Å². The number of anilines is 1. The Balaban J connectivity index is 1.56. The minimum atomic E-state index is -0.218. The van der Waals surface area contributed by atoms with E-state index < -0.39 is 0 Å². The Morgan fingerprint density at radius 3 is 2.45 bits per heavy atom. The van der Waals surface area contributed by atoms with Gasteiger partial charge in [0.15, 0.2) is 0 Å². The highest BCUT2D eigenvalue weighted by Crippen LogP contribution is 2.25. The highest BCUT2D eigenvalue weighted by Gasteiger charge is 2.05. The summed E-state index contributed by atoms with van der Waals surface area (Å²) in [4.78, 5) is 12.2. The van der Waals surface area contributed by atoms with Gasteiger partial charge < -0.3 is 14.8 Å². The lowest BCUT2D eigenvalue weighted by molar-refractivity contribution is -0.111. The van der Waals surface area contributed by atoms with Crippen molar-refractivity contribution < 1.29 is 14.3 Å². The number of amides is 1.